The summed E-state index contributed by atoms with van der Waals surface area (Å²) in [5.74, 6) is -0.659. The maximum Gasteiger partial charge on any atom is 0.242 e. The number of hydrogen-bond acceptors (Lipinski definition) is 3. The van der Waals surface area contributed by atoms with E-state index >= 15 is 0 Å². The van der Waals surface area contributed by atoms with E-state index in [9.17, 15) is 12.8 Å². The molecule has 0 aromatic heterocycles. The third-order valence-electron chi connectivity index (χ3n) is 2.33. The molecule has 1 N–H and O–H groups in total. The number of alkyl halides is 1. The van der Waals surface area contributed by atoms with Gasteiger partial charge in [-0.2, -0.15) is 0 Å². The number of halogens is 3. The molecule has 0 aliphatic carbocycles. The zero-order chi connectivity index (χ0) is 14.5. The number of ether oxygens (including phenoxy) is 1. The Hall–Kier alpha value is -0.210. The number of benzene rings is 1. The molecule has 1 aromatic carbocycles. The molecule has 1 unspecified atom stereocenters. The topological polar surface area (TPSA) is 55.4 Å². The van der Waals surface area contributed by atoms with Crippen LogP contribution in [0.1, 0.15) is 6.42 Å². The van der Waals surface area contributed by atoms with Crippen molar-refractivity contribution >= 4 is 37.6 Å². The van der Waals surface area contributed by atoms with Crippen LogP contribution in [0.25, 0.3) is 0 Å². The van der Waals surface area contributed by atoms with Crippen molar-refractivity contribution < 1.29 is 17.5 Å². The van der Waals surface area contributed by atoms with Crippen LogP contribution in [0.15, 0.2) is 23.1 Å². The molecule has 19 heavy (non-hydrogen) atoms. The Labute approximate surface area is 125 Å². The van der Waals surface area contributed by atoms with Gasteiger partial charge in [0.1, 0.15) is 10.7 Å². The van der Waals surface area contributed by atoms with Crippen LogP contribution in [0, 0.1) is 5.82 Å². The van der Waals surface area contributed by atoms with Crippen molar-refractivity contribution in [1.82, 2.24) is 4.72 Å². The Bertz CT molecular complexity index is 521. The summed E-state index contributed by atoms with van der Waals surface area (Å²) >= 11 is 9.03. The lowest BCUT2D eigenvalue weighted by Gasteiger charge is -2.17. The summed E-state index contributed by atoms with van der Waals surface area (Å²) in [6, 6.07) is 2.80. The lowest BCUT2D eigenvalue weighted by Crippen LogP contribution is -2.38. The van der Waals surface area contributed by atoms with Gasteiger partial charge in [-0.05, 0) is 24.6 Å². The molecule has 0 spiro atoms. The number of sulfonamides is 1. The van der Waals surface area contributed by atoms with Gasteiger partial charge in [0.15, 0.2) is 0 Å². The van der Waals surface area contributed by atoms with Gasteiger partial charge in [-0.3, -0.25) is 0 Å². The van der Waals surface area contributed by atoms with Crippen molar-refractivity contribution in [3.05, 3.63) is 29.0 Å². The molecule has 0 aliphatic rings. The first-order valence-corrected chi connectivity index (χ1v) is 8.41. The maximum absolute atomic E-state index is 13.1. The molecule has 8 heteroatoms. The highest BCUT2D eigenvalue weighted by molar-refractivity contribution is 9.09. The molecule has 0 bridgehead atoms. The predicted octanol–water partition coefficient (Wildman–Crippen LogP) is 2.56. The Balaban J connectivity index is 2.99. The molecule has 0 heterocycles. The minimum Gasteiger partial charge on any atom is -0.383 e. The smallest absolute Gasteiger partial charge is 0.242 e. The van der Waals surface area contributed by atoms with Crippen LogP contribution >= 0.6 is 27.5 Å². The van der Waals surface area contributed by atoms with Gasteiger partial charge < -0.3 is 4.74 Å². The van der Waals surface area contributed by atoms with Gasteiger partial charge in [0, 0.05) is 18.5 Å². The number of methoxy groups -OCH3 is 1. The van der Waals surface area contributed by atoms with E-state index in [2.05, 4.69) is 20.7 Å². The highest BCUT2D eigenvalue weighted by atomic mass is 79.9. The van der Waals surface area contributed by atoms with Crippen molar-refractivity contribution in [2.75, 3.05) is 19.0 Å². The van der Waals surface area contributed by atoms with Crippen LogP contribution in [0.4, 0.5) is 4.39 Å². The summed E-state index contributed by atoms with van der Waals surface area (Å²) in [4.78, 5) is -0.273. The van der Waals surface area contributed by atoms with Crippen molar-refractivity contribution in [2.45, 2.75) is 17.4 Å². The lowest BCUT2D eigenvalue weighted by molar-refractivity contribution is 0.173. The first kappa shape index (κ1) is 16.8. The fraction of sp³-hybridized carbons (Fsp3) is 0.455. The normalized spacial score (nSPS) is 13.5. The van der Waals surface area contributed by atoms with E-state index in [1.807, 2.05) is 0 Å². The third kappa shape index (κ3) is 5.00. The summed E-state index contributed by atoms with van der Waals surface area (Å²) in [6.07, 6.45) is 0.542. The monoisotopic (exact) mass is 373 g/mol. The third-order valence-corrected chi connectivity index (χ3v) is 4.79. The number of rotatable bonds is 7. The second-order valence-corrected chi connectivity index (χ2v) is 6.71. The summed E-state index contributed by atoms with van der Waals surface area (Å²) in [6.45, 7) is 0.220. The minimum atomic E-state index is -3.88. The summed E-state index contributed by atoms with van der Waals surface area (Å²) in [5, 5.41) is 0.587. The van der Waals surface area contributed by atoms with Gasteiger partial charge in [-0.15, -0.1) is 0 Å². The van der Waals surface area contributed by atoms with Crippen molar-refractivity contribution in [3.63, 3.8) is 0 Å². The summed E-state index contributed by atoms with van der Waals surface area (Å²) < 4.78 is 44.8. The molecule has 1 atom stereocenters. The molecular weight excluding hydrogens is 361 g/mol. The first-order chi connectivity index (χ1) is 8.90. The Morgan fingerprint density at radius 3 is 2.79 bits per heavy atom. The van der Waals surface area contributed by atoms with Crippen molar-refractivity contribution in [3.8, 4) is 0 Å². The molecule has 0 amide bonds. The van der Waals surface area contributed by atoms with E-state index in [0.29, 0.717) is 11.8 Å². The van der Waals surface area contributed by atoms with E-state index in [4.69, 9.17) is 16.3 Å². The van der Waals surface area contributed by atoms with Crippen LogP contribution < -0.4 is 4.72 Å². The fourth-order valence-electron chi connectivity index (χ4n) is 1.48. The van der Waals surface area contributed by atoms with E-state index in [0.717, 1.165) is 12.1 Å². The SMILES string of the molecule is COCC(CCBr)NS(=O)(=O)c1cc(F)ccc1Cl. The van der Waals surface area contributed by atoms with E-state index in [1.165, 1.54) is 13.2 Å². The van der Waals surface area contributed by atoms with Crippen LogP contribution in [0.3, 0.4) is 0 Å². The molecule has 0 radical (unpaired) electrons. The van der Waals surface area contributed by atoms with Crippen LogP contribution in [-0.2, 0) is 14.8 Å². The van der Waals surface area contributed by atoms with E-state index in [-0.39, 0.29) is 16.5 Å². The lowest BCUT2D eigenvalue weighted by atomic mass is 10.3. The van der Waals surface area contributed by atoms with E-state index < -0.39 is 21.9 Å². The molecule has 1 aromatic rings. The summed E-state index contributed by atoms with van der Waals surface area (Å²) in [5.41, 5.74) is 0. The molecule has 0 aliphatic heterocycles. The zero-order valence-electron chi connectivity index (χ0n) is 10.2. The average Bonchev–Trinajstić information content (AvgIpc) is 2.32. The molecule has 4 nitrogen and oxygen atoms in total. The largest absolute Gasteiger partial charge is 0.383 e. The molecular formula is C11H14BrClFNO3S. The predicted molar refractivity (Wildman–Crippen MR) is 75.8 cm³/mol. The van der Waals surface area contributed by atoms with Gasteiger partial charge >= 0.3 is 0 Å². The minimum absolute atomic E-state index is 0.0242. The molecule has 0 fully saturated rings. The van der Waals surface area contributed by atoms with Crippen molar-refractivity contribution in [2.24, 2.45) is 0 Å². The van der Waals surface area contributed by atoms with Gasteiger partial charge in [0.05, 0.1) is 11.6 Å². The Morgan fingerprint density at radius 2 is 2.21 bits per heavy atom. The first-order valence-electron chi connectivity index (χ1n) is 5.43. The van der Waals surface area contributed by atoms with Crippen LogP contribution in [0.5, 0.6) is 0 Å². The van der Waals surface area contributed by atoms with Gasteiger partial charge in [0.2, 0.25) is 10.0 Å². The van der Waals surface area contributed by atoms with Gasteiger partial charge in [-0.1, -0.05) is 27.5 Å². The number of nitrogens with one attached hydrogen (secondary N) is 1. The van der Waals surface area contributed by atoms with Gasteiger partial charge in [-0.25, -0.2) is 17.5 Å². The summed E-state index contributed by atoms with van der Waals surface area (Å²) in [7, 11) is -2.40. The zero-order valence-corrected chi connectivity index (χ0v) is 13.4. The molecule has 0 saturated carbocycles. The fourth-order valence-corrected chi connectivity index (χ4v) is 3.79. The number of hydrogen-bond donors (Lipinski definition) is 1. The Kier molecular flexibility index (Phi) is 6.68. The molecule has 1 rings (SSSR count). The average molecular weight is 375 g/mol. The van der Waals surface area contributed by atoms with Crippen LogP contribution in [-0.4, -0.2) is 33.5 Å². The quantitative estimate of drug-likeness (QED) is 0.746. The maximum atomic E-state index is 13.1. The van der Waals surface area contributed by atoms with E-state index in [1.54, 1.807) is 0 Å². The van der Waals surface area contributed by atoms with Gasteiger partial charge in [0.25, 0.3) is 0 Å². The second kappa shape index (κ2) is 7.54. The highest BCUT2D eigenvalue weighted by Gasteiger charge is 2.22. The second-order valence-electron chi connectivity index (χ2n) is 3.83. The van der Waals surface area contributed by atoms with Crippen molar-refractivity contribution in [1.29, 1.82) is 0 Å². The molecule has 108 valence electrons. The Morgan fingerprint density at radius 1 is 1.53 bits per heavy atom. The van der Waals surface area contributed by atoms with Crippen LogP contribution in [0.2, 0.25) is 5.02 Å². The standard InChI is InChI=1S/C11H14BrClFNO3S/c1-18-7-9(4-5-12)15-19(16,17)11-6-8(14)2-3-10(11)13/h2-3,6,9,15H,4-5,7H2,1H3. The highest BCUT2D eigenvalue weighted by Crippen LogP contribution is 2.22. The molecule has 0 saturated heterocycles.